The van der Waals surface area contributed by atoms with E-state index in [-0.39, 0.29) is 0 Å². The second-order valence-electron chi connectivity index (χ2n) is 2.74. The lowest BCUT2D eigenvalue weighted by Crippen LogP contribution is -2.29. The van der Waals surface area contributed by atoms with Crippen LogP contribution in [-0.4, -0.2) is 20.3 Å². The zero-order valence-electron chi connectivity index (χ0n) is 8.16. The van der Waals surface area contributed by atoms with Crippen molar-refractivity contribution in [1.82, 2.24) is 0 Å². The van der Waals surface area contributed by atoms with Crippen LogP contribution in [0.2, 0.25) is 0 Å². The quantitative estimate of drug-likeness (QED) is 0.712. The minimum Gasteiger partial charge on any atom is -0.497 e. The highest BCUT2D eigenvalue weighted by atomic mass is 16.5. The number of nitrogens with zero attached hydrogens (tertiary/aromatic N) is 1. The van der Waals surface area contributed by atoms with Gasteiger partial charge in [0, 0.05) is 12.2 Å². The minimum atomic E-state index is 0.544. The first-order valence-electron chi connectivity index (χ1n) is 4.41. The molecule has 0 saturated carbocycles. The molecule has 0 aromatic heterocycles. The summed E-state index contributed by atoms with van der Waals surface area (Å²) in [5.74, 6) is 0.872. The number of benzene rings is 1. The Bertz CT molecular complexity index is 242. The molecule has 0 spiro atoms. The second-order valence-corrected chi connectivity index (χ2v) is 2.74. The number of ether oxygens (including phenoxy) is 1. The molecule has 0 aliphatic heterocycles. The van der Waals surface area contributed by atoms with Crippen LogP contribution in [0.4, 0.5) is 5.69 Å². The van der Waals surface area contributed by atoms with E-state index in [9.17, 15) is 0 Å². The molecule has 1 rings (SSSR count). The average molecular weight is 180 g/mol. The fraction of sp³-hybridized carbons (Fsp3) is 0.400. The molecule has 0 amide bonds. The van der Waals surface area contributed by atoms with Crippen molar-refractivity contribution in [2.24, 2.45) is 5.73 Å². The van der Waals surface area contributed by atoms with E-state index in [0.717, 1.165) is 18.0 Å². The molecule has 0 fully saturated rings. The summed E-state index contributed by atoms with van der Waals surface area (Å²) < 4.78 is 5.07. The molecule has 1 aromatic rings. The van der Waals surface area contributed by atoms with Gasteiger partial charge in [-0.2, -0.15) is 0 Å². The summed E-state index contributed by atoms with van der Waals surface area (Å²) in [6, 6.07) is 7.89. The minimum absolute atomic E-state index is 0.544. The summed E-state index contributed by atoms with van der Waals surface area (Å²) in [5, 5.41) is 0. The van der Waals surface area contributed by atoms with Gasteiger partial charge in [-0.15, -0.1) is 0 Å². The maximum absolute atomic E-state index is 5.58. The summed E-state index contributed by atoms with van der Waals surface area (Å²) in [7, 11) is 1.66. The van der Waals surface area contributed by atoms with Crippen molar-refractivity contribution in [3.8, 4) is 5.75 Å². The molecular weight excluding hydrogens is 164 g/mol. The lowest BCUT2D eigenvalue weighted by Gasteiger charge is -2.20. The molecule has 0 saturated heterocycles. The molecule has 3 nitrogen and oxygen atoms in total. The van der Waals surface area contributed by atoms with E-state index < -0.39 is 0 Å². The van der Waals surface area contributed by atoms with E-state index in [2.05, 4.69) is 11.8 Å². The van der Waals surface area contributed by atoms with Gasteiger partial charge in [-0.1, -0.05) is 0 Å². The highest BCUT2D eigenvalue weighted by Crippen LogP contribution is 2.17. The maximum atomic E-state index is 5.58. The number of hydrogen-bond acceptors (Lipinski definition) is 3. The van der Waals surface area contributed by atoms with Crippen molar-refractivity contribution < 1.29 is 4.74 Å². The zero-order valence-corrected chi connectivity index (χ0v) is 8.16. The summed E-state index contributed by atoms with van der Waals surface area (Å²) >= 11 is 0. The van der Waals surface area contributed by atoms with Crippen LogP contribution in [0, 0.1) is 0 Å². The van der Waals surface area contributed by atoms with Crippen LogP contribution in [0.3, 0.4) is 0 Å². The molecule has 0 aliphatic rings. The SMILES string of the molecule is CCN(CN)c1ccc(OC)cc1. The Morgan fingerprint density at radius 1 is 1.31 bits per heavy atom. The van der Waals surface area contributed by atoms with E-state index in [1.165, 1.54) is 0 Å². The van der Waals surface area contributed by atoms with Gasteiger partial charge < -0.3 is 15.4 Å². The smallest absolute Gasteiger partial charge is 0.119 e. The number of hydrogen-bond donors (Lipinski definition) is 1. The molecule has 72 valence electrons. The first-order chi connectivity index (χ1) is 6.31. The van der Waals surface area contributed by atoms with E-state index in [1.807, 2.05) is 24.3 Å². The van der Waals surface area contributed by atoms with E-state index in [0.29, 0.717) is 6.67 Å². The Labute approximate surface area is 79.1 Å². The van der Waals surface area contributed by atoms with E-state index in [4.69, 9.17) is 10.5 Å². The fourth-order valence-electron chi connectivity index (χ4n) is 1.21. The van der Waals surface area contributed by atoms with Crippen LogP contribution in [0.25, 0.3) is 0 Å². The van der Waals surface area contributed by atoms with Gasteiger partial charge in [-0.3, -0.25) is 0 Å². The second kappa shape index (κ2) is 4.72. The molecule has 3 heteroatoms. The number of methoxy groups -OCH3 is 1. The predicted molar refractivity (Wildman–Crippen MR) is 55.1 cm³/mol. The molecule has 0 heterocycles. The molecule has 0 atom stereocenters. The van der Waals surface area contributed by atoms with Crippen LogP contribution >= 0.6 is 0 Å². The normalized spacial score (nSPS) is 9.77. The Morgan fingerprint density at radius 3 is 2.31 bits per heavy atom. The lowest BCUT2D eigenvalue weighted by molar-refractivity contribution is 0.415. The van der Waals surface area contributed by atoms with E-state index in [1.54, 1.807) is 7.11 Å². The Balaban J connectivity index is 2.78. The van der Waals surface area contributed by atoms with Crippen molar-refractivity contribution >= 4 is 5.69 Å². The molecule has 1 aromatic carbocycles. The molecule has 0 radical (unpaired) electrons. The standard InChI is InChI=1S/C10H16N2O/c1-3-12(8-11)9-4-6-10(13-2)7-5-9/h4-7H,3,8,11H2,1-2H3. The molecule has 13 heavy (non-hydrogen) atoms. The van der Waals surface area contributed by atoms with Crippen molar-refractivity contribution in [3.63, 3.8) is 0 Å². The van der Waals surface area contributed by atoms with Crippen molar-refractivity contribution in [3.05, 3.63) is 24.3 Å². The van der Waals surface area contributed by atoms with Gasteiger partial charge in [0.2, 0.25) is 0 Å². The first-order valence-corrected chi connectivity index (χ1v) is 4.41. The number of nitrogens with two attached hydrogens (primary N) is 1. The summed E-state index contributed by atoms with van der Waals surface area (Å²) in [5.41, 5.74) is 6.71. The Kier molecular flexibility index (Phi) is 3.58. The number of anilines is 1. The number of rotatable bonds is 4. The third-order valence-electron chi connectivity index (χ3n) is 2.04. The van der Waals surface area contributed by atoms with Gasteiger partial charge in [0.05, 0.1) is 13.8 Å². The van der Waals surface area contributed by atoms with Gasteiger partial charge in [0.1, 0.15) is 5.75 Å². The summed E-state index contributed by atoms with van der Waals surface area (Å²) in [4.78, 5) is 2.08. The van der Waals surface area contributed by atoms with Crippen LogP contribution < -0.4 is 15.4 Å². The lowest BCUT2D eigenvalue weighted by atomic mass is 10.3. The first kappa shape index (κ1) is 9.86. The molecular formula is C10H16N2O. The van der Waals surface area contributed by atoms with Crippen LogP contribution in [0.1, 0.15) is 6.92 Å². The van der Waals surface area contributed by atoms with Gasteiger partial charge >= 0.3 is 0 Å². The molecule has 0 unspecified atom stereocenters. The van der Waals surface area contributed by atoms with Crippen LogP contribution in [-0.2, 0) is 0 Å². The topological polar surface area (TPSA) is 38.5 Å². The highest BCUT2D eigenvalue weighted by molar-refractivity contribution is 5.48. The summed E-state index contributed by atoms with van der Waals surface area (Å²) in [6.45, 7) is 3.54. The average Bonchev–Trinajstić information content (AvgIpc) is 2.21. The van der Waals surface area contributed by atoms with Crippen LogP contribution in [0.5, 0.6) is 5.75 Å². The monoisotopic (exact) mass is 180 g/mol. The Hall–Kier alpha value is -1.22. The molecule has 0 bridgehead atoms. The fourth-order valence-corrected chi connectivity index (χ4v) is 1.21. The van der Waals surface area contributed by atoms with Crippen molar-refractivity contribution in [1.29, 1.82) is 0 Å². The molecule has 2 N–H and O–H groups in total. The van der Waals surface area contributed by atoms with Crippen molar-refractivity contribution in [2.45, 2.75) is 6.92 Å². The van der Waals surface area contributed by atoms with Gasteiger partial charge in [-0.25, -0.2) is 0 Å². The third-order valence-corrected chi connectivity index (χ3v) is 2.04. The van der Waals surface area contributed by atoms with Gasteiger partial charge in [0.15, 0.2) is 0 Å². The maximum Gasteiger partial charge on any atom is 0.119 e. The van der Waals surface area contributed by atoms with Crippen molar-refractivity contribution in [2.75, 3.05) is 25.2 Å². The van der Waals surface area contributed by atoms with E-state index >= 15 is 0 Å². The van der Waals surface area contributed by atoms with Gasteiger partial charge in [-0.05, 0) is 31.2 Å². The molecule has 0 aliphatic carbocycles. The zero-order chi connectivity index (χ0) is 9.68. The Morgan fingerprint density at radius 2 is 1.92 bits per heavy atom. The van der Waals surface area contributed by atoms with Gasteiger partial charge in [0.25, 0.3) is 0 Å². The predicted octanol–water partition coefficient (Wildman–Crippen LogP) is 1.44. The third kappa shape index (κ3) is 2.36. The van der Waals surface area contributed by atoms with Crippen LogP contribution in [0.15, 0.2) is 24.3 Å². The largest absolute Gasteiger partial charge is 0.497 e. The summed E-state index contributed by atoms with van der Waals surface area (Å²) in [6.07, 6.45) is 0. The highest BCUT2D eigenvalue weighted by Gasteiger charge is 2.00.